The number of benzene rings is 1. The molecule has 1 aromatic carbocycles. The summed E-state index contributed by atoms with van der Waals surface area (Å²) in [6, 6.07) is 4.91. The fourth-order valence-electron chi connectivity index (χ4n) is 1.61. The maximum Gasteiger partial charge on any atom is 0.293 e. The molecule has 0 amide bonds. The zero-order valence-electron chi connectivity index (χ0n) is 10.2. The first-order valence-corrected chi connectivity index (χ1v) is 6.38. The molecule has 8 heteroatoms. The minimum absolute atomic E-state index is 0.0448. The highest BCUT2D eigenvalue weighted by molar-refractivity contribution is 9.10. The van der Waals surface area contributed by atoms with Crippen molar-refractivity contribution in [3.05, 3.63) is 44.9 Å². The lowest BCUT2D eigenvalue weighted by Gasteiger charge is -2.06. The molecular weight excluding hydrogens is 314 g/mol. The Labute approximate surface area is 117 Å². The Bertz CT molecular complexity index is 599. The monoisotopic (exact) mass is 325 g/mol. The molecular formula is C11H12BrN5O2. The van der Waals surface area contributed by atoms with E-state index >= 15 is 0 Å². The molecule has 0 fully saturated rings. The maximum atomic E-state index is 10.9. The Kier molecular flexibility index (Phi) is 4.10. The predicted octanol–water partition coefficient (Wildman–Crippen LogP) is 2.14. The molecule has 1 heterocycles. The Morgan fingerprint density at radius 2 is 2.32 bits per heavy atom. The average molecular weight is 326 g/mol. The van der Waals surface area contributed by atoms with E-state index in [0.29, 0.717) is 29.0 Å². The molecule has 0 saturated heterocycles. The number of nitro groups is 1. The van der Waals surface area contributed by atoms with Crippen LogP contribution < -0.4 is 5.32 Å². The number of aromatic nitrogens is 3. The van der Waals surface area contributed by atoms with Crippen molar-refractivity contribution in [3.63, 3.8) is 0 Å². The molecule has 2 aromatic rings. The first kappa shape index (κ1) is 13.5. The molecule has 19 heavy (non-hydrogen) atoms. The van der Waals surface area contributed by atoms with E-state index in [1.807, 2.05) is 0 Å². The molecule has 0 aliphatic rings. The van der Waals surface area contributed by atoms with Gasteiger partial charge in [0.25, 0.3) is 5.69 Å². The van der Waals surface area contributed by atoms with Crippen molar-refractivity contribution in [1.82, 2.24) is 14.8 Å². The molecule has 100 valence electrons. The number of hydrogen-bond acceptors (Lipinski definition) is 5. The molecule has 0 unspecified atom stereocenters. The van der Waals surface area contributed by atoms with E-state index < -0.39 is 4.92 Å². The van der Waals surface area contributed by atoms with Crippen molar-refractivity contribution >= 4 is 27.3 Å². The van der Waals surface area contributed by atoms with Crippen molar-refractivity contribution in [2.75, 3.05) is 11.9 Å². The third-order valence-electron chi connectivity index (χ3n) is 2.47. The Balaban J connectivity index is 2.01. The molecule has 1 N–H and O–H groups in total. The molecule has 0 aliphatic carbocycles. The second-order valence-electron chi connectivity index (χ2n) is 3.93. The standard InChI is InChI=1S/C11H12BrN5O2/c1-16-7-14-11(15-16)4-5-13-9-3-2-8(12)6-10(9)17(18)19/h2-3,6-7,13H,4-5H2,1H3. The van der Waals surface area contributed by atoms with Crippen LogP contribution >= 0.6 is 15.9 Å². The smallest absolute Gasteiger partial charge is 0.293 e. The van der Waals surface area contributed by atoms with Crippen molar-refractivity contribution in [3.8, 4) is 0 Å². The van der Waals surface area contributed by atoms with Crippen LogP contribution in [0.1, 0.15) is 5.82 Å². The minimum Gasteiger partial charge on any atom is -0.379 e. The van der Waals surface area contributed by atoms with E-state index in [2.05, 4.69) is 31.3 Å². The van der Waals surface area contributed by atoms with Gasteiger partial charge in [-0.15, -0.1) is 0 Å². The van der Waals surface area contributed by atoms with E-state index in [4.69, 9.17) is 0 Å². The van der Waals surface area contributed by atoms with Crippen LogP contribution in [-0.2, 0) is 13.5 Å². The number of anilines is 1. The van der Waals surface area contributed by atoms with Crippen LogP contribution in [0.5, 0.6) is 0 Å². The molecule has 0 aliphatic heterocycles. The number of rotatable bonds is 5. The molecule has 0 spiro atoms. The van der Waals surface area contributed by atoms with E-state index in [0.717, 1.165) is 0 Å². The molecule has 0 bridgehead atoms. The summed E-state index contributed by atoms with van der Waals surface area (Å²) >= 11 is 3.22. The Hall–Kier alpha value is -1.96. The fraction of sp³-hybridized carbons (Fsp3) is 0.273. The van der Waals surface area contributed by atoms with Crippen molar-refractivity contribution in [2.24, 2.45) is 7.05 Å². The van der Waals surface area contributed by atoms with Gasteiger partial charge < -0.3 is 5.32 Å². The summed E-state index contributed by atoms with van der Waals surface area (Å²) < 4.78 is 2.30. The second kappa shape index (κ2) is 5.79. The Morgan fingerprint density at radius 1 is 1.53 bits per heavy atom. The third-order valence-corrected chi connectivity index (χ3v) is 2.96. The van der Waals surface area contributed by atoms with Crippen LogP contribution in [-0.4, -0.2) is 26.2 Å². The summed E-state index contributed by atoms with van der Waals surface area (Å²) in [6.45, 7) is 0.534. The quantitative estimate of drug-likeness (QED) is 0.672. The average Bonchev–Trinajstić information content (AvgIpc) is 2.77. The van der Waals surface area contributed by atoms with Gasteiger partial charge >= 0.3 is 0 Å². The van der Waals surface area contributed by atoms with Gasteiger partial charge in [-0.3, -0.25) is 14.8 Å². The van der Waals surface area contributed by atoms with Gasteiger partial charge in [0, 0.05) is 30.6 Å². The third kappa shape index (κ3) is 3.50. The van der Waals surface area contributed by atoms with Gasteiger partial charge in [0.1, 0.15) is 12.0 Å². The Morgan fingerprint density at radius 3 is 2.95 bits per heavy atom. The summed E-state index contributed by atoms with van der Waals surface area (Å²) in [5, 5.41) is 18.1. The molecule has 0 atom stereocenters. The number of nitrogens with zero attached hydrogens (tertiary/aromatic N) is 4. The molecule has 0 saturated carbocycles. The topological polar surface area (TPSA) is 85.9 Å². The number of halogens is 1. The van der Waals surface area contributed by atoms with Crippen LogP contribution in [0.15, 0.2) is 29.0 Å². The highest BCUT2D eigenvalue weighted by Crippen LogP contribution is 2.27. The van der Waals surface area contributed by atoms with E-state index in [9.17, 15) is 10.1 Å². The normalized spacial score (nSPS) is 10.4. The number of nitro benzene ring substituents is 1. The van der Waals surface area contributed by atoms with Gasteiger partial charge in [-0.2, -0.15) is 5.10 Å². The van der Waals surface area contributed by atoms with Crippen LogP contribution in [0.2, 0.25) is 0 Å². The highest BCUT2D eigenvalue weighted by Gasteiger charge is 2.13. The molecule has 7 nitrogen and oxygen atoms in total. The molecule has 1 aromatic heterocycles. The lowest BCUT2D eigenvalue weighted by molar-refractivity contribution is -0.384. The lowest BCUT2D eigenvalue weighted by atomic mass is 10.2. The lowest BCUT2D eigenvalue weighted by Crippen LogP contribution is -2.08. The SMILES string of the molecule is Cn1cnc(CCNc2ccc(Br)cc2[N+](=O)[O-])n1. The minimum atomic E-state index is -0.411. The number of hydrogen-bond donors (Lipinski definition) is 1. The summed E-state index contributed by atoms with van der Waals surface area (Å²) in [5.41, 5.74) is 0.535. The van der Waals surface area contributed by atoms with Crippen molar-refractivity contribution < 1.29 is 4.92 Å². The van der Waals surface area contributed by atoms with Gasteiger partial charge in [-0.1, -0.05) is 15.9 Å². The molecule has 0 radical (unpaired) electrons. The van der Waals surface area contributed by atoms with Crippen LogP contribution in [0.4, 0.5) is 11.4 Å². The maximum absolute atomic E-state index is 10.9. The first-order chi connectivity index (χ1) is 9.06. The fourth-order valence-corrected chi connectivity index (χ4v) is 1.96. The van der Waals surface area contributed by atoms with Gasteiger partial charge in [0.05, 0.1) is 4.92 Å². The second-order valence-corrected chi connectivity index (χ2v) is 4.85. The van der Waals surface area contributed by atoms with Crippen LogP contribution in [0, 0.1) is 10.1 Å². The van der Waals surface area contributed by atoms with Crippen molar-refractivity contribution in [2.45, 2.75) is 6.42 Å². The molecule has 2 rings (SSSR count). The van der Waals surface area contributed by atoms with E-state index in [1.165, 1.54) is 6.07 Å². The first-order valence-electron chi connectivity index (χ1n) is 5.58. The van der Waals surface area contributed by atoms with Crippen LogP contribution in [0.25, 0.3) is 0 Å². The van der Waals surface area contributed by atoms with E-state index in [-0.39, 0.29) is 5.69 Å². The van der Waals surface area contributed by atoms with Crippen LogP contribution in [0.3, 0.4) is 0 Å². The van der Waals surface area contributed by atoms with Gasteiger partial charge in [-0.05, 0) is 12.1 Å². The predicted molar refractivity (Wildman–Crippen MR) is 74.0 cm³/mol. The van der Waals surface area contributed by atoms with Gasteiger partial charge in [-0.25, -0.2) is 4.98 Å². The van der Waals surface area contributed by atoms with Gasteiger partial charge in [0.15, 0.2) is 5.82 Å². The summed E-state index contributed by atoms with van der Waals surface area (Å²) in [6.07, 6.45) is 2.23. The largest absolute Gasteiger partial charge is 0.379 e. The van der Waals surface area contributed by atoms with Crippen molar-refractivity contribution in [1.29, 1.82) is 0 Å². The number of nitrogens with one attached hydrogen (secondary N) is 1. The summed E-state index contributed by atoms with van der Waals surface area (Å²) in [7, 11) is 1.80. The van der Waals surface area contributed by atoms with Gasteiger partial charge in [0.2, 0.25) is 0 Å². The zero-order valence-corrected chi connectivity index (χ0v) is 11.8. The summed E-state index contributed by atoms with van der Waals surface area (Å²) in [4.78, 5) is 14.6. The van der Waals surface area contributed by atoms with E-state index in [1.54, 1.807) is 30.2 Å². The highest BCUT2D eigenvalue weighted by atomic mass is 79.9. The summed E-state index contributed by atoms with van der Waals surface area (Å²) in [5.74, 6) is 0.703. The zero-order chi connectivity index (χ0) is 13.8. The number of aryl methyl sites for hydroxylation is 1.